The van der Waals surface area contributed by atoms with Crippen LogP contribution < -0.4 is 16.0 Å². The van der Waals surface area contributed by atoms with Crippen LogP contribution in [0, 0.1) is 0 Å². The average Bonchev–Trinajstić information content (AvgIpc) is 2.44. The van der Waals surface area contributed by atoms with Crippen LogP contribution in [-0.2, 0) is 0 Å². The normalized spacial score (nSPS) is 12.2. The third-order valence-electron chi connectivity index (χ3n) is 3.13. The third-order valence-corrected chi connectivity index (χ3v) is 3.83. The van der Waals surface area contributed by atoms with E-state index in [1.165, 1.54) is 5.56 Å². The molecule has 0 saturated heterocycles. The first-order valence-electron chi connectivity index (χ1n) is 6.34. The van der Waals surface area contributed by atoms with Crippen molar-refractivity contribution in [2.24, 2.45) is 0 Å². The van der Waals surface area contributed by atoms with Crippen LogP contribution in [-0.4, -0.2) is 9.97 Å². The lowest BCUT2D eigenvalue weighted by molar-refractivity contribution is 0.458. The third kappa shape index (κ3) is 3.19. The van der Waals surface area contributed by atoms with Crippen LogP contribution in [0.5, 0.6) is 11.6 Å². The number of H-pyrrole nitrogens is 1. The minimum Gasteiger partial charge on any atom is -0.438 e. The van der Waals surface area contributed by atoms with Crippen LogP contribution in [0.3, 0.4) is 0 Å². The van der Waals surface area contributed by atoms with Gasteiger partial charge in [-0.3, -0.25) is 9.78 Å². The second-order valence-corrected chi connectivity index (χ2v) is 5.34. The number of nitrogens with two attached hydrogens (primary N) is 1. The van der Waals surface area contributed by atoms with Crippen molar-refractivity contribution in [2.75, 3.05) is 5.73 Å². The van der Waals surface area contributed by atoms with Crippen LogP contribution in [0.2, 0.25) is 0 Å². The summed E-state index contributed by atoms with van der Waals surface area (Å²) >= 11 is 3.13. The molecule has 2 rings (SSSR count). The molecular weight excluding hydrogens is 322 g/mol. The van der Waals surface area contributed by atoms with Crippen LogP contribution in [0.25, 0.3) is 0 Å². The van der Waals surface area contributed by atoms with Crippen molar-refractivity contribution >= 4 is 21.9 Å². The highest BCUT2D eigenvalue weighted by Crippen LogP contribution is 2.27. The van der Waals surface area contributed by atoms with Gasteiger partial charge in [0, 0.05) is 0 Å². The Bertz CT molecular complexity index is 652. The monoisotopic (exact) mass is 337 g/mol. The van der Waals surface area contributed by atoms with E-state index in [0.29, 0.717) is 11.7 Å². The minimum atomic E-state index is -0.372. The zero-order valence-corrected chi connectivity index (χ0v) is 12.9. The Morgan fingerprint density at radius 1 is 1.40 bits per heavy atom. The molecule has 20 heavy (non-hydrogen) atoms. The standard InChI is InChI=1S/C14H16BrN3O2/c1-3-8(2)9-4-6-10(7-5-9)20-13-11(15)12(19)17-14(16)18-13/h4-8H,3H2,1-2H3,(H3,16,17,18,19). The maximum atomic E-state index is 11.5. The quantitative estimate of drug-likeness (QED) is 0.895. The fraction of sp³-hybridized carbons (Fsp3) is 0.286. The molecule has 1 aromatic carbocycles. The fourth-order valence-electron chi connectivity index (χ4n) is 1.73. The maximum absolute atomic E-state index is 11.5. The lowest BCUT2D eigenvalue weighted by Crippen LogP contribution is -2.12. The summed E-state index contributed by atoms with van der Waals surface area (Å²) in [5.74, 6) is 1.28. The summed E-state index contributed by atoms with van der Waals surface area (Å²) in [6.07, 6.45) is 1.08. The molecular formula is C14H16BrN3O2. The fourth-order valence-corrected chi connectivity index (χ4v) is 2.00. The molecule has 0 fully saturated rings. The molecule has 1 heterocycles. The molecule has 0 amide bonds. The molecule has 0 aliphatic carbocycles. The van der Waals surface area contributed by atoms with Gasteiger partial charge in [0.15, 0.2) is 0 Å². The van der Waals surface area contributed by atoms with Gasteiger partial charge in [0.1, 0.15) is 10.2 Å². The highest BCUT2D eigenvalue weighted by Gasteiger charge is 2.10. The van der Waals surface area contributed by atoms with Gasteiger partial charge in [-0.1, -0.05) is 26.0 Å². The van der Waals surface area contributed by atoms with Gasteiger partial charge in [0.25, 0.3) is 5.56 Å². The summed E-state index contributed by atoms with van der Waals surface area (Å²) in [6.45, 7) is 4.32. The van der Waals surface area contributed by atoms with Crippen molar-refractivity contribution in [3.63, 3.8) is 0 Å². The zero-order valence-electron chi connectivity index (χ0n) is 11.3. The van der Waals surface area contributed by atoms with Crippen molar-refractivity contribution < 1.29 is 4.74 Å². The Hall–Kier alpha value is -1.82. The van der Waals surface area contributed by atoms with Gasteiger partial charge in [-0.15, -0.1) is 0 Å². The Labute approximate surface area is 125 Å². The molecule has 3 N–H and O–H groups in total. The molecule has 0 aliphatic rings. The lowest BCUT2D eigenvalue weighted by Gasteiger charge is -2.10. The van der Waals surface area contributed by atoms with Crippen molar-refractivity contribution in [1.82, 2.24) is 9.97 Å². The summed E-state index contributed by atoms with van der Waals surface area (Å²) in [5, 5.41) is 0. The van der Waals surface area contributed by atoms with Crippen molar-refractivity contribution in [3.8, 4) is 11.6 Å². The number of hydrogen-bond donors (Lipinski definition) is 2. The number of hydrogen-bond acceptors (Lipinski definition) is 4. The number of aromatic nitrogens is 2. The van der Waals surface area contributed by atoms with Gasteiger partial charge in [0.2, 0.25) is 11.8 Å². The first kappa shape index (κ1) is 14.6. The van der Waals surface area contributed by atoms with Crippen molar-refractivity contribution in [1.29, 1.82) is 0 Å². The van der Waals surface area contributed by atoms with Gasteiger partial charge in [0.05, 0.1) is 0 Å². The van der Waals surface area contributed by atoms with E-state index in [0.717, 1.165) is 6.42 Å². The highest BCUT2D eigenvalue weighted by atomic mass is 79.9. The predicted molar refractivity (Wildman–Crippen MR) is 82.2 cm³/mol. The van der Waals surface area contributed by atoms with Crippen LogP contribution in [0.15, 0.2) is 33.5 Å². The molecule has 5 nitrogen and oxygen atoms in total. The van der Waals surface area contributed by atoms with Crippen LogP contribution in [0.4, 0.5) is 5.95 Å². The first-order valence-corrected chi connectivity index (χ1v) is 7.13. The molecule has 2 aromatic rings. The van der Waals surface area contributed by atoms with E-state index < -0.39 is 0 Å². The van der Waals surface area contributed by atoms with Gasteiger partial charge < -0.3 is 10.5 Å². The van der Waals surface area contributed by atoms with E-state index in [1.54, 1.807) is 0 Å². The Morgan fingerprint density at radius 2 is 2.05 bits per heavy atom. The first-order chi connectivity index (χ1) is 9.51. The SMILES string of the molecule is CCC(C)c1ccc(Oc2nc(N)[nH]c(=O)c2Br)cc1. The van der Waals surface area contributed by atoms with E-state index in [-0.39, 0.29) is 21.9 Å². The average molecular weight is 338 g/mol. The van der Waals surface area contributed by atoms with E-state index in [2.05, 4.69) is 39.7 Å². The molecule has 1 aromatic heterocycles. The summed E-state index contributed by atoms with van der Waals surface area (Å²) in [5.41, 5.74) is 6.37. The maximum Gasteiger partial charge on any atom is 0.270 e. The largest absolute Gasteiger partial charge is 0.438 e. The van der Waals surface area contributed by atoms with Crippen molar-refractivity contribution in [2.45, 2.75) is 26.2 Å². The number of ether oxygens (including phenoxy) is 1. The van der Waals surface area contributed by atoms with Crippen LogP contribution in [0.1, 0.15) is 31.7 Å². The lowest BCUT2D eigenvalue weighted by atomic mass is 9.99. The molecule has 0 aliphatic heterocycles. The number of aromatic amines is 1. The Morgan fingerprint density at radius 3 is 2.65 bits per heavy atom. The number of rotatable bonds is 4. The van der Waals surface area contributed by atoms with E-state index in [4.69, 9.17) is 10.5 Å². The Kier molecular flexibility index (Phi) is 4.44. The van der Waals surface area contributed by atoms with Gasteiger partial charge in [-0.25, -0.2) is 0 Å². The number of benzene rings is 1. The number of halogens is 1. The number of nitrogens with one attached hydrogen (secondary N) is 1. The number of anilines is 1. The van der Waals surface area contributed by atoms with Gasteiger partial charge in [-0.2, -0.15) is 4.98 Å². The van der Waals surface area contributed by atoms with Crippen LogP contribution >= 0.6 is 15.9 Å². The Balaban J connectivity index is 2.25. The minimum absolute atomic E-state index is 0.0180. The van der Waals surface area contributed by atoms with E-state index in [1.807, 2.05) is 24.3 Å². The van der Waals surface area contributed by atoms with Crippen molar-refractivity contribution in [3.05, 3.63) is 44.7 Å². The molecule has 106 valence electrons. The summed E-state index contributed by atoms with van der Waals surface area (Å²) in [7, 11) is 0. The predicted octanol–water partition coefficient (Wildman–Crippen LogP) is 3.42. The molecule has 1 atom stereocenters. The van der Waals surface area contributed by atoms with E-state index >= 15 is 0 Å². The molecule has 0 saturated carbocycles. The van der Waals surface area contributed by atoms with Gasteiger partial charge in [-0.05, 0) is 46.0 Å². The van der Waals surface area contributed by atoms with Gasteiger partial charge >= 0.3 is 0 Å². The molecule has 6 heteroatoms. The second-order valence-electron chi connectivity index (χ2n) is 4.55. The summed E-state index contributed by atoms with van der Waals surface area (Å²) in [6, 6.07) is 7.72. The topological polar surface area (TPSA) is 81.0 Å². The smallest absolute Gasteiger partial charge is 0.270 e. The summed E-state index contributed by atoms with van der Waals surface area (Å²) in [4.78, 5) is 17.9. The number of nitrogens with zero attached hydrogens (tertiary/aromatic N) is 1. The molecule has 1 unspecified atom stereocenters. The van der Waals surface area contributed by atoms with E-state index in [9.17, 15) is 4.79 Å². The number of nitrogen functional groups attached to an aromatic ring is 1. The molecule has 0 radical (unpaired) electrons. The summed E-state index contributed by atoms with van der Waals surface area (Å²) < 4.78 is 5.80. The zero-order chi connectivity index (χ0) is 14.7. The molecule has 0 bridgehead atoms. The molecule has 0 spiro atoms. The highest BCUT2D eigenvalue weighted by molar-refractivity contribution is 9.10. The second kappa shape index (κ2) is 6.09.